The summed E-state index contributed by atoms with van der Waals surface area (Å²) in [5.74, 6) is 3.58. The molecule has 176 valence electrons. The Morgan fingerprint density at radius 3 is 2.70 bits per heavy atom. The van der Waals surface area contributed by atoms with E-state index < -0.39 is 21.6 Å². The SMILES string of the molecule is C=S(C)(=O)Nc1cc(C)c2c(Nc3ccc(F)cc3O[C@H](C)C(=O)N(C)CC)ncnc2c1. The van der Waals surface area contributed by atoms with Crippen LogP contribution in [0.1, 0.15) is 19.4 Å². The smallest absolute Gasteiger partial charge is 0.263 e. The maximum atomic E-state index is 14.0. The molecule has 8 nitrogen and oxygen atoms in total. The van der Waals surface area contributed by atoms with E-state index in [0.717, 1.165) is 10.9 Å². The Labute approximate surface area is 193 Å². The number of nitrogens with one attached hydrogen (secondary N) is 2. The number of carbonyl (C=O) groups excluding carboxylic acids is 1. The molecule has 1 unspecified atom stereocenters. The summed E-state index contributed by atoms with van der Waals surface area (Å²) in [5.41, 5.74) is 2.53. The second-order valence-corrected chi connectivity index (χ2v) is 10.1. The molecule has 1 heterocycles. The Bertz CT molecular complexity index is 1300. The maximum absolute atomic E-state index is 14.0. The molecule has 1 aromatic heterocycles. The number of rotatable bonds is 8. The van der Waals surface area contributed by atoms with Crippen molar-refractivity contribution in [3.63, 3.8) is 0 Å². The van der Waals surface area contributed by atoms with E-state index in [9.17, 15) is 13.4 Å². The van der Waals surface area contributed by atoms with Crippen LogP contribution in [0, 0.1) is 12.7 Å². The Balaban J connectivity index is 1.98. The molecule has 1 amide bonds. The van der Waals surface area contributed by atoms with Crippen LogP contribution < -0.4 is 14.8 Å². The van der Waals surface area contributed by atoms with Crippen LogP contribution >= 0.6 is 0 Å². The predicted octanol–water partition coefficient (Wildman–Crippen LogP) is 3.74. The summed E-state index contributed by atoms with van der Waals surface area (Å²) in [6.45, 7) is 5.90. The summed E-state index contributed by atoms with van der Waals surface area (Å²) in [6, 6.07) is 7.63. The summed E-state index contributed by atoms with van der Waals surface area (Å²) in [4.78, 5) is 22.6. The normalized spacial score (nSPS) is 13.8. The fourth-order valence-corrected chi connectivity index (χ4v) is 3.94. The van der Waals surface area contributed by atoms with Crippen molar-refractivity contribution < 1.29 is 18.1 Å². The van der Waals surface area contributed by atoms with Gasteiger partial charge in [0.2, 0.25) is 0 Å². The molecule has 10 heteroatoms. The van der Waals surface area contributed by atoms with Crippen LogP contribution in [0.15, 0.2) is 36.7 Å². The molecule has 0 aliphatic rings. The van der Waals surface area contributed by atoms with Crippen molar-refractivity contribution in [2.24, 2.45) is 0 Å². The fourth-order valence-electron chi connectivity index (χ4n) is 3.33. The van der Waals surface area contributed by atoms with Gasteiger partial charge in [-0.15, -0.1) is 0 Å². The predicted molar refractivity (Wildman–Crippen MR) is 132 cm³/mol. The quantitative estimate of drug-likeness (QED) is 0.484. The highest BCUT2D eigenvalue weighted by Crippen LogP contribution is 2.33. The molecule has 0 aliphatic carbocycles. The average Bonchev–Trinajstić information content (AvgIpc) is 2.73. The van der Waals surface area contributed by atoms with Gasteiger partial charge in [0.1, 0.15) is 23.7 Å². The van der Waals surface area contributed by atoms with Crippen molar-refractivity contribution in [2.45, 2.75) is 26.9 Å². The van der Waals surface area contributed by atoms with Crippen LogP contribution in [-0.4, -0.2) is 56.8 Å². The van der Waals surface area contributed by atoms with E-state index >= 15 is 0 Å². The molecular weight excluding hydrogens is 445 g/mol. The molecule has 33 heavy (non-hydrogen) atoms. The lowest BCUT2D eigenvalue weighted by atomic mass is 10.1. The van der Waals surface area contributed by atoms with Gasteiger partial charge in [0.25, 0.3) is 5.91 Å². The lowest BCUT2D eigenvalue weighted by molar-refractivity contribution is -0.136. The van der Waals surface area contributed by atoms with Gasteiger partial charge >= 0.3 is 0 Å². The zero-order chi connectivity index (χ0) is 24.3. The Morgan fingerprint density at radius 1 is 1.30 bits per heavy atom. The molecule has 0 aliphatic heterocycles. The van der Waals surface area contributed by atoms with Crippen molar-refractivity contribution in [1.29, 1.82) is 0 Å². The van der Waals surface area contributed by atoms with Gasteiger partial charge in [-0.2, -0.15) is 0 Å². The molecule has 2 aromatic carbocycles. The van der Waals surface area contributed by atoms with Gasteiger partial charge in [0, 0.05) is 46.7 Å². The molecule has 0 radical (unpaired) electrons. The molecule has 2 N–H and O–H groups in total. The highest BCUT2D eigenvalue weighted by atomic mass is 32.2. The van der Waals surface area contributed by atoms with Gasteiger partial charge in [-0.05, 0) is 56.5 Å². The second-order valence-electron chi connectivity index (χ2n) is 7.89. The zero-order valence-corrected chi connectivity index (χ0v) is 20.1. The van der Waals surface area contributed by atoms with Crippen LogP contribution in [0.5, 0.6) is 5.75 Å². The van der Waals surface area contributed by atoms with E-state index in [0.29, 0.717) is 29.3 Å². The number of ether oxygens (including phenoxy) is 1. The largest absolute Gasteiger partial charge is 0.479 e. The van der Waals surface area contributed by atoms with Crippen LogP contribution in [0.25, 0.3) is 10.9 Å². The van der Waals surface area contributed by atoms with E-state index in [-0.39, 0.29) is 11.7 Å². The summed E-state index contributed by atoms with van der Waals surface area (Å²) in [6.07, 6.45) is 2.11. The molecule has 3 aromatic rings. The minimum Gasteiger partial charge on any atom is -0.479 e. The minimum absolute atomic E-state index is 0.186. The maximum Gasteiger partial charge on any atom is 0.263 e. The summed E-state index contributed by atoms with van der Waals surface area (Å²) < 4.78 is 34.7. The highest BCUT2D eigenvalue weighted by Gasteiger charge is 2.20. The van der Waals surface area contributed by atoms with Crippen LogP contribution in [0.4, 0.5) is 21.6 Å². The number of hydrogen-bond acceptors (Lipinski definition) is 6. The summed E-state index contributed by atoms with van der Waals surface area (Å²) >= 11 is 0. The number of aromatic nitrogens is 2. The minimum atomic E-state index is -2.45. The Kier molecular flexibility index (Phi) is 7.06. The number of fused-ring (bicyclic) bond motifs is 1. The number of carbonyl (C=O) groups is 1. The molecule has 2 atom stereocenters. The molecule has 0 spiro atoms. The van der Waals surface area contributed by atoms with Crippen LogP contribution in [0.2, 0.25) is 0 Å². The number of benzene rings is 2. The van der Waals surface area contributed by atoms with E-state index in [1.165, 1.54) is 35.7 Å². The molecule has 0 saturated carbocycles. The van der Waals surface area contributed by atoms with Gasteiger partial charge in [0.05, 0.1) is 11.2 Å². The topological polar surface area (TPSA) is 96.5 Å². The highest BCUT2D eigenvalue weighted by molar-refractivity contribution is 8.00. The van der Waals surface area contributed by atoms with Crippen molar-refractivity contribution in [3.8, 4) is 5.75 Å². The standard InChI is InChI=1S/C23H28FN5O3S/c1-7-29(4)23(30)15(3)32-20-11-16(24)8-9-18(20)27-22-21-14(2)10-17(28-33(5,6)31)12-19(21)25-13-26-22/h8-13,15H,5,7H2,1-4,6H3,(H,28,31)(H,25,26,27)/t15-,33?/m1/s1. The first kappa shape index (κ1) is 24.2. The summed E-state index contributed by atoms with van der Waals surface area (Å²) in [7, 11) is -0.772. The number of aryl methyl sites for hydroxylation is 1. The molecule has 0 bridgehead atoms. The van der Waals surface area contributed by atoms with E-state index in [1.54, 1.807) is 20.0 Å². The molecule has 3 rings (SSSR count). The molecular formula is C23H28FN5O3S. The Hall–Kier alpha value is -3.40. The first-order valence-corrected chi connectivity index (χ1v) is 12.5. The lowest BCUT2D eigenvalue weighted by Gasteiger charge is -2.22. The number of likely N-dealkylation sites (N-methyl/N-ethyl adjacent to an activating group) is 1. The number of nitrogens with zero attached hydrogens (tertiary/aromatic N) is 3. The fraction of sp³-hybridized carbons (Fsp3) is 0.304. The first-order valence-electron chi connectivity index (χ1n) is 10.3. The van der Waals surface area contributed by atoms with Gasteiger partial charge in [-0.1, -0.05) is 0 Å². The van der Waals surface area contributed by atoms with E-state index in [2.05, 4.69) is 25.9 Å². The Morgan fingerprint density at radius 2 is 2.03 bits per heavy atom. The number of amides is 1. The monoisotopic (exact) mass is 473 g/mol. The van der Waals surface area contributed by atoms with Gasteiger partial charge in [-0.25, -0.2) is 18.6 Å². The third kappa shape index (κ3) is 5.89. The lowest BCUT2D eigenvalue weighted by Crippen LogP contribution is -2.37. The summed E-state index contributed by atoms with van der Waals surface area (Å²) in [5, 5.41) is 3.92. The van der Waals surface area contributed by atoms with E-state index in [4.69, 9.17) is 4.74 Å². The third-order valence-corrected chi connectivity index (χ3v) is 5.64. The van der Waals surface area contributed by atoms with Gasteiger partial charge < -0.3 is 19.7 Å². The number of halogens is 1. The number of hydrogen-bond donors (Lipinski definition) is 2. The van der Waals surface area contributed by atoms with Crippen LogP contribution in [-0.2, 0) is 14.5 Å². The number of anilines is 3. The zero-order valence-electron chi connectivity index (χ0n) is 19.3. The molecule has 0 saturated heterocycles. The van der Waals surface area contributed by atoms with Crippen molar-refractivity contribution in [2.75, 3.05) is 29.9 Å². The second kappa shape index (κ2) is 9.62. The average molecular weight is 474 g/mol. The van der Waals surface area contributed by atoms with Crippen LogP contribution in [0.3, 0.4) is 0 Å². The van der Waals surface area contributed by atoms with Crippen molar-refractivity contribution in [3.05, 3.63) is 48.0 Å². The first-order chi connectivity index (χ1) is 15.5. The molecule has 0 fully saturated rings. The van der Waals surface area contributed by atoms with Crippen molar-refractivity contribution >= 4 is 49.6 Å². The van der Waals surface area contributed by atoms with Gasteiger partial charge in [-0.3, -0.25) is 4.79 Å². The van der Waals surface area contributed by atoms with E-state index in [1.807, 2.05) is 19.9 Å². The van der Waals surface area contributed by atoms with Gasteiger partial charge in [0.15, 0.2) is 6.10 Å². The third-order valence-electron chi connectivity index (χ3n) is 4.97. The van der Waals surface area contributed by atoms with Crippen molar-refractivity contribution in [1.82, 2.24) is 14.9 Å².